The zero-order chi connectivity index (χ0) is 29.6. The maximum atomic E-state index is 9.67. The molecule has 0 radical (unpaired) electrons. The van der Waals surface area contributed by atoms with Gasteiger partial charge in [-0.3, -0.25) is 0 Å². The van der Waals surface area contributed by atoms with Crippen LogP contribution in [-0.4, -0.2) is 20.4 Å². The van der Waals surface area contributed by atoms with E-state index in [9.17, 15) is 20.4 Å². The molecule has 0 bridgehead atoms. The van der Waals surface area contributed by atoms with Crippen LogP contribution in [0.25, 0.3) is 0 Å². The third-order valence-corrected chi connectivity index (χ3v) is 8.57. The number of benzene rings is 4. The van der Waals surface area contributed by atoms with Gasteiger partial charge in [0.1, 0.15) is 23.0 Å². The van der Waals surface area contributed by atoms with Crippen molar-refractivity contribution >= 4 is 0 Å². The first-order valence-corrected chi connectivity index (χ1v) is 15.6. The fourth-order valence-electron chi connectivity index (χ4n) is 6.16. The Hall–Kier alpha value is -3.92. The van der Waals surface area contributed by atoms with Crippen LogP contribution < -0.4 is 0 Å². The fourth-order valence-corrected chi connectivity index (χ4v) is 6.16. The Morgan fingerprint density at radius 3 is 0.690 bits per heavy atom. The van der Waals surface area contributed by atoms with Crippen LogP contribution in [0.5, 0.6) is 23.0 Å². The second kappa shape index (κ2) is 16.5. The summed E-state index contributed by atoms with van der Waals surface area (Å²) in [6.45, 7) is 0. The molecule has 4 rings (SSSR count). The standard InChI is InChI=1S/C38H46O4/c39-35-21-13-29(14-22-35)5-1-9-33(10-2-6-30-15-23-36(40)24-16-30)34(11-3-7-31-17-25-37(41)26-18-31)12-4-8-32-19-27-38(42)28-20-32/h13-28,33-34,39-42H,1-12H2. The second-order valence-electron chi connectivity index (χ2n) is 11.8. The van der Waals surface area contributed by atoms with E-state index in [0.717, 1.165) is 51.4 Å². The molecular formula is C38H46O4. The van der Waals surface area contributed by atoms with E-state index >= 15 is 0 Å². The van der Waals surface area contributed by atoms with Gasteiger partial charge in [-0.1, -0.05) is 48.5 Å². The molecule has 0 aromatic heterocycles. The lowest BCUT2D eigenvalue weighted by molar-refractivity contribution is 0.245. The highest BCUT2D eigenvalue weighted by atomic mass is 16.3. The number of phenolic OH excluding ortho intramolecular Hbond substituents is 4. The van der Waals surface area contributed by atoms with Crippen LogP contribution >= 0.6 is 0 Å². The summed E-state index contributed by atoms with van der Waals surface area (Å²) in [5, 5.41) is 38.7. The Morgan fingerprint density at radius 2 is 0.500 bits per heavy atom. The monoisotopic (exact) mass is 566 g/mol. The predicted octanol–water partition coefficient (Wildman–Crippen LogP) is 9.13. The maximum absolute atomic E-state index is 9.67. The summed E-state index contributed by atoms with van der Waals surface area (Å²) >= 11 is 0. The van der Waals surface area contributed by atoms with Crippen molar-refractivity contribution in [1.82, 2.24) is 0 Å². The molecule has 0 aliphatic carbocycles. The van der Waals surface area contributed by atoms with Crippen LogP contribution in [0.15, 0.2) is 97.1 Å². The van der Waals surface area contributed by atoms with Crippen molar-refractivity contribution in [2.24, 2.45) is 11.8 Å². The molecule has 0 saturated carbocycles. The lowest BCUT2D eigenvalue weighted by Gasteiger charge is -2.28. The van der Waals surface area contributed by atoms with Crippen LogP contribution in [0.3, 0.4) is 0 Å². The third-order valence-electron chi connectivity index (χ3n) is 8.57. The molecule has 0 saturated heterocycles. The molecule has 4 aromatic rings. The zero-order valence-corrected chi connectivity index (χ0v) is 24.7. The number of phenols is 4. The van der Waals surface area contributed by atoms with E-state index in [1.807, 2.05) is 48.5 Å². The van der Waals surface area contributed by atoms with E-state index in [2.05, 4.69) is 0 Å². The molecule has 4 heteroatoms. The van der Waals surface area contributed by atoms with E-state index in [4.69, 9.17) is 0 Å². The van der Waals surface area contributed by atoms with Crippen molar-refractivity contribution in [3.05, 3.63) is 119 Å². The first kappa shape index (κ1) is 31.0. The highest BCUT2D eigenvalue weighted by Crippen LogP contribution is 2.33. The van der Waals surface area contributed by atoms with E-state index in [-0.39, 0.29) is 0 Å². The van der Waals surface area contributed by atoms with Gasteiger partial charge in [-0.25, -0.2) is 0 Å². The number of aromatic hydroxyl groups is 4. The molecule has 0 aliphatic heterocycles. The summed E-state index contributed by atoms with van der Waals surface area (Å²) in [5.74, 6) is 2.50. The summed E-state index contributed by atoms with van der Waals surface area (Å²) in [6.07, 6.45) is 13.3. The molecule has 222 valence electrons. The molecule has 0 heterocycles. The van der Waals surface area contributed by atoms with Crippen molar-refractivity contribution in [1.29, 1.82) is 0 Å². The van der Waals surface area contributed by atoms with E-state index in [1.165, 1.54) is 47.9 Å². The minimum Gasteiger partial charge on any atom is -0.508 e. The molecule has 0 unspecified atom stereocenters. The van der Waals surface area contributed by atoms with Crippen molar-refractivity contribution in [2.75, 3.05) is 0 Å². The van der Waals surface area contributed by atoms with Gasteiger partial charge >= 0.3 is 0 Å². The number of hydrogen-bond acceptors (Lipinski definition) is 4. The van der Waals surface area contributed by atoms with Crippen LogP contribution in [0.2, 0.25) is 0 Å². The first-order valence-electron chi connectivity index (χ1n) is 15.6. The second-order valence-corrected chi connectivity index (χ2v) is 11.8. The molecule has 42 heavy (non-hydrogen) atoms. The van der Waals surface area contributed by atoms with Gasteiger partial charge in [0, 0.05) is 0 Å². The zero-order valence-electron chi connectivity index (χ0n) is 24.7. The van der Waals surface area contributed by atoms with Gasteiger partial charge in [-0.2, -0.15) is 0 Å². The maximum Gasteiger partial charge on any atom is 0.115 e. The van der Waals surface area contributed by atoms with Gasteiger partial charge in [-0.05, 0) is 160 Å². The Kier molecular flexibility index (Phi) is 12.2. The largest absolute Gasteiger partial charge is 0.508 e. The summed E-state index contributed by atoms with van der Waals surface area (Å²) < 4.78 is 0. The van der Waals surface area contributed by atoms with Gasteiger partial charge in [0.15, 0.2) is 0 Å². The minimum absolute atomic E-state index is 0.313. The number of aryl methyl sites for hydroxylation is 4. The lowest BCUT2D eigenvalue weighted by Crippen LogP contribution is -2.17. The van der Waals surface area contributed by atoms with Gasteiger partial charge < -0.3 is 20.4 Å². The molecule has 0 spiro atoms. The summed E-state index contributed by atoms with van der Waals surface area (Å²) in [7, 11) is 0. The fraction of sp³-hybridized carbons (Fsp3) is 0.368. The molecule has 4 N–H and O–H groups in total. The van der Waals surface area contributed by atoms with Gasteiger partial charge in [-0.15, -0.1) is 0 Å². The molecule has 4 aromatic carbocycles. The Labute approximate surface area is 251 Å². The first-order chi connectivity index (χ1) is 20.4. The van der Waals surface area contributed by atoms with Gasteiger partial charge in [0.05, 0.1) is 0 Å². The Bertz CT molecular complexity index is 1090. The van der Waals surface area contributed by atoms with Crippen LogP contribution in [0.4, 0.5) is 0 Å². The summed E-state index contributed by atoms with van der Waals surface area (Å²) in [6, 6.07) is 30.5. The SMILES string of the molecule is Oc1ccc(CCCC(CCCc2ccc(O)cc2)C(CCCc2ccc(O)cc2)CCCc2ccc(O)cc2)cc1. The molecule has 4 nitrogen and oxygen atoms in total. The molecule has 0 aliphatic rings. The predicted molar refractivity (Wildman–Crippen MR) is 171 cm³/mol. The minimum atomic E-state index is 0.313. The molecular weight excluding hydrogens is 520 g/mol. The van der Waals surface area contributed by atoms with Crippen LogP contribution in [0, 0.1) is 11.8 Å². The van der Waals surface area contributed by atoms with Gasteiger partial charge in [0.2, 0.25) is 0 Å². The average molecular weight is 567 g/mol. The highest BCUT2D eigenvalue weighted by Gasteiger charge is 2.21. The summed E-state index contributed by atoms with van der Waals surface area (Å²) in [4.78, 5) is 0. The van der Waals surface area contributed by atoms with Crippen molar-refractivity contribution in [3.8, 4) is 23.0 Å². The van der Waals surface area contributed by atoms with Crippen molar-refractivity contribution < 1.29 is 20.4 Å². The molecule has 0 atom stereocenters. The third kappa shape index (κ3) is 10.8. The molecule has 0 fully saturated rings. The number of hydrogen-bond donors (Lipinski definition) is 4. The van der Waals surface area contributed by atoms with Crippen LogP contribution in [0.1, 0.15) is 73.6 Å². The van der Waals surface area contributed by atoms with Crippen molar-refractivity contribution in [3.63, 3.8) is 0 Å². The smallest absolute Gasteiger partial charge is 0.115 e. The van der Waals surface area contributed by atoms with Gasteiger partial charge in [0.25, 0.3) is 0 Å². The quantitative estimate of drug-likeness (QED) is 0.103. The number of rotatable bonds is 17. The van der Waals surface area contributed by atoms with Crippen molar-refractivity contribution in [2.45, 2.75) is 77.0 Å². The van der Waals surface area contributed by atoms with Crippen LogP contribution in [-0.2, 0) is 25.7 Å². The lowest BCUT2D eigenvalue weighted by atomic mass is 9.77. The Morgan fingerprint density at radius 1 is 0.310 bits per heavy atom. The average Bonchev–Trinajstić information content (AvgIpc) is 2.99. The highest BCUT2D eigenvalue weighted by molar-refractivity contribution is 5.28. The normalized spacial score (nSPS) is 11.4. The molecule has 0 amide bonds. The topological polar surface area (TPSA) is 80.9 Å². The van der Waals surface area contributed by atoms with E-state index in [0.29, 0.717) is 34.8 Å². The van der Waals surface area contributed by atoms with E-state index in [1.54, 1.807) is 48.5 Å². The van der Waals surface area contributed by atoms with E-state index < -0.39 is 0 Å². The Balaban J connectivity index is 1.41. The summed E-state index contributed by atoms with van der Waals surface area (Å²) in [5.41, 5.74) is 5.08.